The first kappa shape index (κ1) is 11.7. The highest BCUT2D eigenvalue weighted by Crippen LogP contribution is 2.09. The number of hydrogen-bond acceptors (Lipinski definition) is 1. The molecule has 0 unspecified atom stereocenters. The first-order valence-corrected chi connectivity index (χ1v) is 5.13. The molecule has 0 atom stereocenters. The summed E-state index contributed by atoms with van der Waals surface area (Å²) in [6.45, 7) is 4.67. The van der Waals surface area contributed by atoms with Gasteiger partial charge in [0.2, 0.25) is 0 Å². The molecule has 72 valence electrons. The van der Waals surface area contributed by atoms with E-state index < -0.39 is 0 Å². The predicted molar refractivity (Wildman–Crippen MR) is 54.2 cm³/mol. The lowest BCUT2D eigenvalue weighted by Crippen LogP contribution is -1.87. The molecule has 0 bridgehead atoms. The molecule has 0 saturated carbocycles. The highest BCUT2D eigenvalue weighted by atomic mass is 16.2. The summed E-state index contributed by atoms with van der Waals surface area (Å²) < 4.78 is 0. The number of hydrogen-bond donors (Lipinski definition) is 1. The van der Waals surface area contributed by atoms with Crippen molar-refractivity contribution in [2.24, 2.45) is 0 Å². The Balaban J connectivity index is 3.48. The summed E-state index contributed by atoms with van der Waals surface area (Å²) in [7, 11) is 0. The predicted octanol–water partition coefficient (Wildman–Crippen LogP) is 3.29. The first-order chi connectivity index (χ1) is 5.85. The van der Waals surface area contributed by atoms with E-state index in [1.54, 1.807) is 0 Å². The second kappa shape index (κ2) is 8.79. The van der Waals surface area contributed by atoms with E-state index in [1.807, 2.05) is 0 Å². The highest BCUT2D eigenvalue weighted by molar-refractivity contribution is 5.00. The molecule has 0 aliphatic rings. The van der Waals surface area contributed by atoms with Crippen LogP contribution in [0.1, 0.15) is 52.4 Å². The monoisotopic (exact) mass is 170 g/mol. The summed E-state index contributed by atoms with van der Waals surface area (Å²) in [5.41, 5.74) is 1.41. The van der Waals surface area contributed by atoms with Crippen molar-refractivity contribution in [2.75, 3.05) is 6.61 Å². The molecule has 0 aliphatic heterocycles. The molecular formula is C11H22O. The summed E-state index contributed by atoms with van der Waals surface area (Å²) in [5, 5.41) is 8.73. The Labute approximate surface area is 76.5 Å². The second-order valence-corrected chi connectivity index (χ2v) is 3.19. The van der Waals surface area contributed by atoms with Crippen LogP contribution in [0.5, 0.6) is 0 Å². The molecule has 0 aromatic heterocycles. The van der Waals surface area contributed by atoms with E-state index in [4.69, 9.17) is 5.11 Å². The van der Waals surface area contributed by atoms with Crippen molar-refractivity contribution >= 4 is 0 Å². The maximum atomic E-state index is 8.73. The second-order valence-electron chi connectivity index (χ2n) is 3.19. The van der Waals surface area contributed by atoms with Crippen LogP contribution < -0.4 is 0 Å². The van der Waals surface area contributed by atoms with Crippen molar-refractivity contribution in [3.63, 3.8) is 0 Å². The largest absolute Gasteiger partial charge is 0.396 e. The van der Waals surface area contributed by atoms with Gasteiger partial charge in [-0.3, -0.25) is 0 Å². The Morgan fingerprint density at radius 1 is 1.25 bits per heavy atom. The zero-order chi connectivity index (χ0) is 9.23. The Kier molecular flexibility index (Phi) is 8.57. The Morgan fingerprint density at radius 3 is 2.50 bits per heavy atom. The molecule has 0 rings (SSSR count). The number of aliphatic hydroxyl groups excluding tert-OH is 1. The van der Waals surface area contributed by atoms with Crippen molar-refractivity contribution in [3.8, 4) is 0 Å². The van der Waals surface area contributed by atoms with Gasteiger partial charge in [0.25, 0.3) is 0 Å². The zero-order valence-electron chi connectivity index (χ0n) is 8.47. The molecule has 0 radical (unpaired) electrons. The van der Waals surface area contributed by atoms with Gasteiger partial charge in [0, 0.05) is 6.61 Å². The van der Waals surface area contributed by atoms with Crippen LogP contribution in [0.2, 0.25) is 0 Å². The third kappa shape index (κ3) is 6.41. The fourth-order valence-corrected chi connectivity index (χ4v) is 1.27. The van der Waals surface area contributed by atoms with E-state index in [9.17, 15) is 0 Å². The van der Waals surface area contributed by atoms with E-state index >= 15 is 0 Å². The van der Waals surface area contributed by atoms with Crippen LogP contribution in [0.25, 0.3) is 0 Å². The molecule has 0 saturated heterocycles. The van der Waals surface area contributed by atoms with Crippen LogP contribution in [-0.2, 0) is 0 Å². The van der Waals surface area contributed by atoms with E-state index in [-0.39, 0.29) is 0 Å². The zero-order valence-corrected chi connectivity index (χ0v) is 8.47. The molecule has 0 fully saturated rings. The number of unbranched alkanes of at least 4 members (excludes halogenated alkanes) is 3. The third-order valence-electron chi connectivity index (χ3n) is 2.13. The standard InChI is InChI=1S/C11H22O/c1-3-5-6-7-8-11(4-2)9-10-12/h8,12H,3-7,9-10H2,1-2H3. The molecule has 1 heteroatoms. The molecule has 0 spiro atoms. The fraction of sp³-hybridized carbons (Fsp3) is 0.818. The normalized spacial score (nSPS) is 12.1. The number of allylic oxidation sites excluding steroid dienone is 1. The molecule has 0 aliphatic carbocycles. The molecule has 1 nitrogen and oxygen atoms in total. The molecule has 0 aromatic carbocycles. The summed E-state index contributed by atoms with van der Waals surface area (Å²) in [5.74, 6) is 0. The SMILES string of the molecule is CCCCCC=C(CC)CCO. The number of rotatable bonds is 7. The topological polar surface area (TPSA) is 20.2 Å². The molecule has 0 amide bonds. The maximum Gasteiger partial charge on any atom is 0.0468 e. The Bertz CT molecular complexity index is 116. The van der Waals surface area contributed by atoms with Gasteiger partial charge in [0.1, 0.15) is 0 Å². The number of aliphatic hydroxyl groups is 1. The van der Waals surface area contributed by atoms with Gasteiger partial charge in [-0.05, 0) is 25.7 Å². The quantitative estimate of drug-likeness (QED) is 0.459. The Hall–Kier alpha value is -0.300. The van der Waals surface area contributed by atoms with E-state index in [1.165, 1.54) is 31.3 Å². The van der Waals surface area contributed by atoms with Gasteiger partial charge in [-0.15, -0.1) is 0 Å². The summed E-state index contributed by atoms with van der Waals surface area (Å²) >= 11 is 0. The fourth-order valence-electron chi connectivity index (χ4n) is 1.27. The van der Waals surface area contributed by atoms with Crippen molar-refractivity contribution in [2.45, 2.75) is 52.4 Å². The summed E-state index contributed by atoms with van der Waals surface area (Å²) in [4.78, 5) is 0. The molecule has 12 heavy (non-hydrogen) atoms. The Morgan fingerprint density at radius 2 is 2.00 bits per heavy atom. The lowest BCUT2D eigenvalue weighted by Gasteiger charge is -2.01. The highest BCUT2D eigenvalue weighted by Gasteiger charge is 1.92. The average molecular weight is 170 g/mol. The molecule has 0 aromatic rings. The summed E-state index contributed by atoms with van der Waals surface area (Å²) in [6.07, 6.45) is 9.35. The van der Waals surface area contributed by atoms with Gasteiger partial charge in [0.05, 0.1) is 0 Å². The lowest BCUT2D eigenvalue weighted by molar-refractivity contribution is 0.298. The third-order valence-corrected chi connectivity index (χ3v) is 2.13. The van der Waals surface area contributed by atoms with Crippen LogP contribution in [0.15, 0.2) is 11.6 Å². The van der Waals surface area contributed by atoms with Crippen LogP contribution in [-0.4, -0.2) is 11.7 Å². The van der Waals surface area contributed by atoms with Crippen LogP contribution in [0.4, 0.5) is 0 Å². The minimum atomic E-state index is 0.299. The average Bonchev–Trinajstić information content (AvgIpc) is 2.10. The van der Waals surface area contributed by atoms with Crippen LogP contribution >= 0.6 is 0 Å². The van der Waals surface area contributed by atoms with Crippen LogP contribution in [0, 0.1) is 0 Å². The minimum Gasteiger partial charge on any atom is -0.396 e. The van der Waals surface area contributed by atoms with Crippen molar-refractivity contribution < 1.29 is 5.11 Å². The van der Waals surface area contributed by atoms with Gasteiger partial charge < -0.3 is 5.11 Å². The summed E-state index contributed by atoms with van der Waals surface area (Å²) in [6, 6.07) is 0. The van der Waals surface area contributed by atoms with Gasteiger partial charge in [-0.2, -0.15) is 0 Å². The van der Waals surface area contributed by atoms with E-state index in [0.29, 0.717) is 6.61 Å². The molecule has 0 heterocycles. The molecular weight excluding hydrogens is 148 g/mol. The maximum absolute atomic E-state index is 8.73. The van der Waals surface area contributed by atoms with Gasteiger partial charge in [-0.25, -0.2) is 0 Å². The first-order valence-electron chi connectivity index (χ1n) is 5.13. The van der Waals surface area contributed by atoms with E-state index in [0.717, 1.165) is 12.8 Å². The van der Waals surface area contributed by atoms with Crippen molar-refractivity contribution in [3.05, 3.63) is 11.6 Å². The van der Waals surface area contributed by atoms with Gasteiger partial charge >= 0.3 is 0 Å². The van der Waals surface area contributed by atoms with Gasteiger partial charge in [0.15, 0.2) is 0 Å². The van der Waals surface area contributed by atoms with Crippen molar-refractivity contribution in [1.82, 2.24) is 0 Å². The van der Waals surface area contributed by atoms with Crippen molar-refractivity contribution in [1.29, 1.82) is 0 Å². The molecule has 1 N–H and O–H groups in total. The minimum absolute atomic E-state index is 0.299. The smallest absolute Gasteiger partial charge is 0.0468 e. The lowest BCUT2D eigenvalue weighted by atomic mass is 10.1. The van der Waals surface area contributed by atoms with Gasteiger partial charge in [-0.1, -0.05) is 38.3 Å². The van der Waals surface area contributed by atoms with Crippen LogP contribution in [0.3, 0.4) is 0 Å². The van der Waals surface area contributed by atoms with E-state index in [2.05, 4.69) is 19.9 Å².